The molecule has 0 N–H and O–H groups in total. The number of oxazole rings is 1. The molecule has 0 atom stereocenters. The molecular weight excluding hydrogens is 323 g/mol. The molecule has 0 aliphatic heterocycles. The number of amides is 1. The van der Waals surface area contributed by atoms with Crippen molar-refractivity contribution >= 4 is 23.1 Å². The maximum atomic E-state index is 13.7. The van der Waals surface area contributed by atoms with E-state index in [1.807, 2.05) is 24.3 Å². The van der Waals surface area contributed by atoms with E-state index in [0.29, 0.717) is 17.0 Å². The predicted octanol–water partition coefficient (Wildman–Crippen LogP) is 3.65. The minimum absolute atomic E-state index is 0.175. The molecule has 2 aromatic carbocycles. The van der Waals surface area contributed by atoms with Gasteiger partial charge in [-0.1, -0.05) is 18.2 Å². The summed E-state index contributed by atoms with van der Waals surface area (Å²) in [6.07, 6.45) is 2.90. The predicted molar refractivity (Wildman–Crippen MR) is 92.5 cm³/mol. The van der Waals surface area contributed by atoms with Crippen LogP contribution in [0.5, 0.6) is 5.75 Å². The third kappa shape index (κ3) is 3.85. The Morgan fingerprint density at radius 3 is 2.84 bits per heavy atom. The van der Waals surface area contributed by atoms with E-state index in [9.17, 15) is 9.18 Å². The van der Waals surface area contributed by atoms with Crippen LogP contribution < -0.4 is 4.74 Å². The number of hydrogen-bond acceptors (Lipinski definition) is 4. The van der Waals surface area contributed by atoms with Crippen molar-refractivity contribution in [3.8, 4) is 5.75 Å². The van der Waals surface area contributed by atoms with Gasteiger partial charge in [0.05, 0.1) is 7.11 Å². The average Bonchev–Trinajstić information content (AvgIpc) is 3.02. The molecule has 0 bridgehead atoms. The molecule has 0 spiro atoms. The highest BCUT2D eigenvalue weighted by atomic mass is 19.1. The lowest BCUT2D eigenvalue weighted by molar-refractivity contribution is -0.125. The van der Waals surface area contributed by atoms with E-state index in [4.69, 9.17) is 9.15 Å². The van der Waals surface area contributed by atoms with Gasteiger partial charge in [-0.2, -0.15) is 0 Å². The smallest absolute Gasteiger partial charge is 0.246 e. The van der Waals surface area contributed by atoms with Crippen molar-refractivity contribution in [2.75, 3.05) is 14.2 Å². The Kier molecular flexibility index (Phi) is 4.79. The largest absolute Gasteiger partial charge is 0.494 e. The van der Waals surface area contributed by atoms with Crippen molar-refractivity contribution in [3.05, 3.63) is 65.8 Å². The number of benzene rings is 2. The molecule has 0 unspecified atom stereocenters. The molecule has 1 heterocycles. The third-order valence-corrected chi connectivity index (χ3v) is 3.69. The Morgan fingerprint density at radius 1 is 1.32 bits per heavy atom. The van der Waals surface area contributed by atoms with Crippen LogP contribution in [0.1, 0.15) is 11.5 Å². The molecule has 0 saturated carbocycles. The molecule has 6 heteroatoms. The number of rotatable bonds is 5. The lowest BCUT2D eigenvalue weighted by Gasteiger charge is -2.15. The van der Waals surface area contributed by atoms with E-state index in [0.717, 1.165) is 5.52 Å². The van der Waals surface area contributed by atoms with Gasteiger partial charge in [-0.3, -0.25) is 4.79 Å². The minimum Gasteiger partial charge on any atom is -0.494 e. The van der Waals surface area contributed by atoms with Crippen molar-refractivity contribution in [1.29, 1.82) is 0 Å². The van der Waals surface area contributed by atoms with Gasteiger partial charge in [0.2, 0.25) is 11.8 Å². The molecule has 3 rings (SSSR count). The van der Waals surface area contributed by atoms with Crippen molar-refractivity contribution in [2.24, 2.45) is 0 Å². The number of likely N-dealkylation sites (N-methyl/N-ethyl adjacent to an activating group) is 1. The summed E-state index contributed by atoms with van der Waals surface area (Å²) < 4.78 is 24.1. The van der Waals surface area contributed by atoms with Crippen molar-refractivity contribution in [1.82, 2.24) is 9.88 Å². The molecule has 5 nitrogen and oxygen atoms in total. The number of hydrogen-bond donors (Lipinski definition) is 0. The van der Waals surface area contributed by atoms with Crippen LogP contribution in [-0.2, 0) is 11.3 Å². The van der Waals surface area contributed by atoms with Crippen LogP contribution in [0.25, 0.3) is 17.2 Å². The maximum absolute atomic E-state index is 13.7. The molecular formula is C19H17FN2O3. The number of fused-ring (bicyclic) bond motifs is 1. The van der Waals surface area contributed by atoms with E-state index in [1.165, 1.54) is 36.3 Å². The van der Waals surface area contributed by atoms with Crippen LogP contribution in [0.3, 0.4) is 0 Å². The standard InChI is InChI=1S/C19H17FN2O3/c1-22(12-13-7-8-16(24-2)14(20)11-13)19(23)10-9-18-21-15-5-3-4-6-17(15)25-18/h3-11H,12H2,1-2H3/b10-9+. The van der Waals surface area contributed by atoms with Crippen LogP contribution in [0, 0.1) is 5.82 Å². The second-order valence-corrected chi connectivity index (χ2v) is 5.52. The summed E-state index contributed by atoms with van der Waals surface area (Å²) >= 11 is 0. The number of para-hydroxylation sites is 2. The number of methoxy groups -OCH3 is 1. The van der Waals surface area contributed by atoms with Crippen LogP contribution >= 0.6 is 0 Å². The molecule has 25 heavy (non-hydrogen) atoms. The highest BCUT2D eigenvalue weighted by molar-refractivity contribution is 5.91. The van der Waals surface area contributed by atoms with E-state index < -0.39 is 5.82 Å². The molecule has 128 valence electrons. The molecule has 0 radical (unpaired) electrons. The quantitative estimate of drug-likeness (QED) is 0.665. The average molecular weight is 340 g/mol. The van der Waals surface area contributed by atoms with E-state index in [-0.39, 0.29) is 18.2 Å². The second-order valence-electron chi connectivity index (χ2n) is 5.52. The molecule has 0 aliphatic carbocycles. The first kappa shape index (κ1) is 16.7. The van der Waals surface area contributed by atoms with Crippen molar-refractivity contribution in [3.63, 3.8) is 0 Å². The number of aromatic nitrogens is 1. The normalized spacial score (nSPS) is 11.2. The van der Waals surface area contributed by atoms with E-state index in [1.54, 1.807) is 13.1 Å². The number of ether oxygens (including phenoxy) is 1. The Labute approximate surface area is 144 Å². The van der Waals surface area contributed by atoms with Gasteiger partial charge in [-0.15, -0.1) is 0 Å². The third-order valence-electron chi connectivity index (χ3n) is 3.69. The highest BCUT2D eigenvalue weighted by Gasteiger charge is 2.09. The molecule has 3 aromatic rings. The zero-order chi connectivity index (χ0) is 17.8. The fourth-order valence-electron chi connectivity index (χ4n) is 2.39. The van der Waals surface area contributed by atoms with Gasteiger partial charge in [0.1, 0.15) is 5.52 Å². The summed E-state index contributed by atoms with van der Waals surface area (Å²) in [6, 6.07) is 12.0. The van der Waals surface area contributed by atoms with Gasteiger partial charge in [0.15, 0.2) is 17.1 Å². The first-order valence-electron chi connectivity index (χ1n) is 7.68. The van der Waals surface area contributed by atoms with Gasteiger partial charge in [-0.25, -0.2) is 9.37 Å². The Hall–Kier alpha value is -3.15. The summed E-state index contributed by atoms with van der Waals surface area (Å²) in [5.41, 5.74) is 2.07. The zero-order valence-corrected chi connectivity index (χ0v) is 13.9. The van der Waals surface area contributed by atoms with Crippen LogP contribution in [0.2, 0.25) is 0 Å². The number of carbonyl (C=O) groups excluding carboxylic acids is 1. The van der Waals surface area contributed by atoms with E-state index in [2.05, 4.69) is 4.98 Å². The fraction of sp³-hybridized carbons (Fsp3) is 0.158. The summed E-state index contributed by atoms with van der Waals surface area (Å²) in [4.78, 5) is 17.9. The topological polar surface area (TPSA) is 55.6 Å². The minimum atomic E-state index is -0.456. The Balaban J connectivity index is 1.66. The Bertz CT molecular complexity index is 900. The second kappa shape index (κ2) is 7.17. The first-order valence-corrected chi connectivity index (χ1v) is 7.68. The SMILES string of the molecule is COc1ccc(CN(C)C(=O)/C=C/c2nc3ccccc3o2)cc1F. The van der Waals surface area contributed by atoms with Crippen molar-refractivity contribution in [2.45, 2.75) is 6.54 Å². The van der Waals surface area contributed by atoms with Crippen LogP contribution in [0.15, 0.2) is 53.0 Å². The molecule has 0 aliphatic rings. The van der Waals surface area contributed by atoms with Crippen molar-refractivity contribution < 1.29 is 18.3 Å². The highest BCUT2D eigenvalue weighted by Crippen LogP contribution is 2.19. The summed E-state index contributed by atoms with van der Waals surface area (Å²) in [6.45, 7) is 0.275. The number of nitrogens with zero attached hydrogens (tertiary/aromatic N) is 2. The van der Waals surface area contributed by atoms with Crippen LogP contribution in [-0.4, -0.2) is 29.9 Å². The lowest BCUT2D eigenvalue weighted by Crippen LogP contribution is -2.24. The van der Waals surface area contributed by atoms with Gasteiger partial charge in [0.25, 0.3) is 0 Å². The fourth-order valence-corrected chi connectivity index (χ4v) is 2.39. The molecule has 1 amide bonds. The van der Waals surface area contributed by atoms with Gasteiger partial charge >= 0.3 is 0 Å². The molecule has 1 aromatic heterocycles. The maximum Gasteiger partial charge on any atom is 0.246 e. The monoisotopic (exact) mass is 340 g/mol. The summed E-state index contributed by atoms with van der Waals surface area (Å²) in [5.74, 6) is -0.159. The van der Waals surface area contributed by atoms with Gasteiger partial charge in [-0.05, 0) is 29.8 Å². The lowest BCUT2D eigenvalue weighted by atomic mass is 10.2. The number of carbonyl (C=O) groups is 1. The first-order chi connectivity index (χ1) is 12.1. The van der Waals surface area contributed by atoms with Gasteiger partial charge in [0, 0.05) is 25.7 Å². The van der Waals surface area contributed by atoms with Crippen LogP contribution in [0.4, 0.5) is 4.39 Å². The van der Waals surface area contributed by atoms with E-state index >= 15 is 0 Å². The summed E-state index contributed by atoms with van der Waals surface area (Å²) in [7, 11) is 3.05. The summed E-state index contributed by atoms with van der Waals surface area (Å²) in [5, 5.41) is 0. The molecule has 0 fully saturated rings. The Morgan fingerprint density at radius 2 is 2.12 bits per heavy atom. The number of halogens is 1. The zero-order valence-electron chi connectivity index (χ0n) is 13.9. The molecule has 0 saturated heterocycles. The van der Waals surface area contributed by atoms with Gasteiger partial charge < -0.3 is 14.1 Å².